The molecule has 0 fully saturated rings. The van der Waals surface area contributed by atoms with Crippen LogP contribution >= 0.6 is 43.2 Å². The number of rotatable bonds is 4. The zero-order chi connectivity index (χ0) is 13.1. The predicted molar refractivity (Wildman–Crippen MR) is 81.6 cm³/mol. The van der Waals surface area contributed by atoms with E-state index in [1.54, 1.807) is 17.4 Å². The van der Waals surface area contributed by atoms with Crippen molar-refractivity contribution < 1.29 is 4.39 Å². The first-order chi connectivity index (χ1) is 8.58. The van der Waals surface area contributed by atoms with Crippen LogP contribution in [0.3, 0.4) is 0 Å². The minimum absolute atomic E-state index is 0.113. The highest BCUT2D eigenvalue weighted by Crippen LogP contribution is 2.27. The SMILES string of the molecule is CNC(Cc1cc(Br)cs1)c1cc(F)cc(Br)c1. The summed E-state index contributed by atoms with van der Waals surface area (Å²) < 4.78 is 15.3. The van der Waals surface area contributed by atoms with E-state index in [9.17, 15) is 4.39 Å². The van der Waals surface area contributed by atoms with Gasteiger partial charge >= 0.3 is 0 Å². The summed E-state index contributed by atoms with van der Waals surface area (Å²) in [7, 11) is 1.89. The monoisotopic (exact) mass is 391 g/mol. The second-order valence-electron chi connectivity index (χ2n) is 3.98. The molecule has 2 rings (SSSR count). The highest BCUT2D eigenvalue weighted by Gasteiger charge is 2.13. The van der Waals surface area contributed by atoms with Gasteiger partial charge in [0.1, 0.15) is 5.82 Å². The molecular formula is C13H12Br2FNS. The average molecular weight is 393 g/mol. The molecule has 1 heterocycles. The van der Waals surface area contributed by atoms with E-state index in [4.69, 9.17) is 0 Å². The number of likely N-dealkylation sites (N-methyl/N-ethyl adjacent to an activating group) is 1. The molecule has 1 N–H and O–H groups in total. The fourth-order valence-electron chi connectivity index (χ4n) is 1.82. The molecule has 0 aliphatic rings. The summed E-state index contributed by atoms with van der Waals surface area (Å²) >= 11 is 8.48. The van der Waals surface area contributed by atoms with Crippen LogP contribution in [0.2, 0.25) is 0 Å². The fraction of sp³-hybridized carbons (Fsp3) is 0.231. The van der Waals surface area contributed by atoms with E-state index in [-0.39, 0.29) is 11.9 Å². The van der Waals surface area contributed by atoms with Gasteiger partial charge in [-0.25, -0.2) is 4.39 Å². The topological polar surface area (TPSA) is 12.0 Å². The van der Waals surface area contributed by atoms with E-state index in [1.165, 1.54) is 10.9 Å². The van der Waals surface area contributed by atoms with Gasteiger partial charge in [-0.1, -0.05) is 15.9 Å². The lowest BCUT2D eigenvalue weighted by Crippen LogP contribution is -2.18. The van der Waals surface area contributed by atoms with Gasteiger partial charge in [-0.2, -0.15) is 0 Å². The molecule has 0 amide bonds. The Hall–Kier alpha value is -0.230. The lowest BCUT2D eigenvalue weighted by molar-refractivity contribution is 0.580. The van der Waals surface area contributed by atoms with Gasteiger partial charge in [0.15, 0.2) is 0 Å². The van der Waals surface area contributed by atoms with Gasteiger partial charge in [0, 0.05) is 31.7 Å². The van der Waals surface area contributed by atoms with Crippen molar-refractivity contribution in [1.29, 1.82) is 0 Å². The van der Waals surface area contributed by atoms with Crippen molar-refractivity contribution in [1.82, 2.24) is 5.32 Å². The molecule has 0 aliphatic carbocycles. The number of hydrogen-bond acceptors (Lipinski definition) is 2. The molecule has 96 valence electrons. The molecule has 0 saturated heterocycles. The van der Waals surface area contributed by atoms with E-state index in [2.05, 4.69) is 48.6 Å². The molecule has 0 aliphatic heterocycles. The lowest BCUT2D eigenvalue weighted by Gasteiger charge is -2.16. The molecule has 0 radical (unpaired) electrons. The first kappa shape index (κ1) is 14.2. The van der Waals surface area contributed by atoms with Crippen LogP contribution in [0.1, 0.15) is 16.5 Å². The first-order valence-electron chi connectivity index (χ1n) is 5.44. The standard InChI is InChI=1S/C13H12Br2FNS/c1-17-13(6-12-5-10(15)7-18-12)8-2-9(14)4-11(16)3-8/h2-5,7,13,17H,6H2,1H3. The minimum atomic E-state index is -0.216. The van der Waals surface area contributed by atoms with Crippen molar-refractivity contribution in [3.63, 3.8) is 0 Å². The van der Waals surface area contributed by atoms with E-state index in [1.807, 2.05) is 13.1 Å². The summed E-state index contributed by atoms with van der Waals surface area (Å²) in [4.78, 5) is 1.27. The summed E-state index contributed by atoms with van der Waals surface area (Å²) in [6, 6.07) is 7.21. The minimum Gasteiger partial charge on any atom is -0.313 e. The van der Waals surface area contributed by atoms with Crippen molar-refractivity contribution in [3.05, 3.63) is 54.8 Å². The smallest absolute Gasteiger partial charge is 0.124 e. The fourth-order valence-corrected chi connectivity index (χ4v) is 3.81. The zero-order valence-electron chi connectivity index (χ0n) is 9.71. The molecule has 1 atom stereocenters. The summed E-state index contributed by atoms with van der Waals surface area (Å²) in [5.74, 6) is -0.216. The quantitative estimate of drug-likeness (QED) is 0.778. The number of benzene rings is 1. The first-order valence-corrected chi connectivity index (χ1v) is 7.91. The van der Waals surface area contributed by atoms with Gasteiger partial charge in [-0.05, 0) is 52.8 Å². The van der Waals surface area contributed by atoms with Crippen LogP contribution in [0, 0.1) is 5.82 Å². The van der Waals surface area contributed by atoms with Crippen LogP contribution in [-0.2, 0) is 6.42 Å². The summed E-state index contributed by atoms with van der Waals surface area (Å²) in [5.41, 5.74) is 0.953. The Kier molecular flexibility index (Phi) is 4.95. The van der Waals surface area contributed by atoms with Crippen LogP contribution in [0.15, 0.2) is 38.6 Å². The third-order valence-corrected chi connectivity index (χ3v) is 4.84. The highest BCUT2D eigenvalue weighted by atomic mass is 79.9. The van der Waals surface area contributed by atoms with E-state index in [0.717, 1.165) is 20.9 Å². The maximum Gasteiger partial charge on any atom is 0.124 e. The van der Waals surface area contributed by atoms with Gasteiger partial charge in [0.05, 0.1) is 0 Å². The molecule has 1 aromatic carbocycles. The third-order valence-electron chi connectivity index (χ3n) is 2.66. The predicted octanol–water partition coefficient (Wildman–Crippen LogP) is 4.92. The van der Waals surface area contributed by atoms with Crippen LogP contribution in [0.25, 0.3) is 0 Å². The molecule has 0 saturated carbocycles. The van der Waals surface area contributed by atoms with Gasteiger partial charge in [-0.3, -0.25) is 0 Å². The van der Waals surface area contributed by atoms with Gasteiger partial charge in [0.2, 0.25) is 0 Å². The summed E-state index contributed by atoms with van der Waals surface area (Å²) in [6.07, 6.45) is 0.850. The van der Waals surface area contributed by atoms with Crippen LogP contribution < -0.4 is 5.32 Å². The Morgan fingerprint density at radius 1 is 1.22 bits per heavy atom. The zero-order valence-corrected chi connectivity index (χ0v) is 13.7. The Morgan fingerprint density at radius 2 is 2.00 bits per heavy atom. The van der Waals surface area contributed by atoms with Crippen molar-refractivity contribution >= 4 is 43.2 Å². The molecule has 18 heavy (non-hydrogen) atoms. The van der Waals surface area contributed by atoms with Crippen molar-refractivity contribution in [2.75, 3.05) is 7.05 Å². The number of nitrogens with one attached hydrogen (secondary N) is 1. The number of thiophene rings is 1. The Labute approximate surface area is 127 Å². The number of halogens is 3. The van der Waals surface area contributed by atoms with E-state index in [0.29, 0.717) is 0 Å². The van der Waals surface area contributed by atoms with Crippen LogP contribution in [0.4, 0.5) is 4.39 Å². The van der Waals surface area contributed by atoms with E-state index >= 15 is 0 Å². The lowest BCUT2D eigenvalue weighted by atomic mass is 10.0. The third kappa shape index (κ3) is 3.63. The molecule has 0 spiro atoms. The average Bonchev–Trinajstić information content (AvgIpc) is 2.70. The maximum atomic E-state index is 13.4. The second kappa shape index (κ2) is 6.28. The Morgan fingerprint density at radius 3 is 2.56 bits per heavy atom. The summed E-state index contributed by atoms with van der Waals surface area (Å²) in [5, 5.41) is 5.29. The Bertz CT molecular complexity index is 521. The molecule has 1 nitrogen and oxygen atoms in total. The van der Waals surface area contributed by atoms with Crippen molar-refractivity contribution in [2.24, 2.45) is 0 Å². The molecule has 0 bridgehead atoms. The molecule has 2 aromatic rings. The molecule has 5 heteroatoms. The van der Waals surface area contributed by atoms with E-state index < -0.39 is 0 Å². The second-order valence-corrected chi connectivity index (χ2v) is 6.81. The maximum absolute atomic E-state index is 13.4. The summed E-state index contributed by atoms with van der Waals surface area (Å²) in [6.45, 7) is 0. The van der Waals surface area contributed by atoms with Gasteiger partial charge < -0.3 is 5.32 Å². The Balaban J connectivity index is 2.22. The van der Waals surface area contributed by atoms with Gasteiger partial charge in [0.25, 0.3) is 0 Å². The van der Waals surface area contributed by atoms with Gasteiger partial charge in [-0.15, -0.1) is 11.3 Å². The number of hydrogen-bond donors (Lipinski definition) is 1. The van der Waals surface area contributed by atoms with Crippen LogP contribution in [-0.4, -0.2) is 7.05 Å². The normalized spacial score (nSPS) is 12.7. The largest absolute Gasteiger partial charge is 0.313 e. The van der Waals surface area contributed by atoms with Crippen molar-refractivity contribution in [2.45, 2.75) is 12.5 Å². The molecular weight excluding hydrogens is 381 g/mol. The molecule has 1 aromatic heterocycles. The molecule has 1 unspecified atom stereocenters. The van der Waals surface area contributed by atoms with Crippen molar-refractivity contribution in [3.8, 4) is 0 Å². The van der Waals surface area contributed by atoms with Crippen LogP contribution in [0.5, 0.6) is 0 Å². The highest BCUT2D eigenvalue weighted by molar-refractivity contribution is 9.10.